The molecule has 0 aliphatic heterocycles. The first-order valence-electron chi connectivity index (χ1n) is 7.10. The first-order valence-corrected chi connectivity index (χ1v) is 7.10. The van der Waals surface area contributed by atoms with E-state index >= 15 is 0 Å². The second-order valence-electron chi connectivity index (χ2n) is 4.81. The van der Waals surface area contributed by atoms with Crippen LogP contribution in [0.5, 0.6) is 0 Å². The number of esters is 1. The van der Waals surface area contributed by atoms with E-state index in [1.54, 1.807) is 24.4 Å². The molecule has 0 radical (unpaired) electrons. The standard InChI is InChI=1S/C17H18N2O3/c1-13(20)22-11-5-7-14-6-4-8-15(12-14)19-17(21)16-9-2-3-10-18-16/h2-4,6,8-10,12H,5,7,11H2,1H3,(H,19,21). The van der Waals surface area contributed by atoms with E-state index in [0.29, 0.717) is 12.3 Å². The zero-order chi connectivity index (χ0) is 15.8. The Bertz CT molecular complexity index is 641. The van der Waals surface area contributed by atoms with Gasteiger partial charge in [-0.3, -0.25) is 14.6 Å². The number of benzene rings is 1. The van der Waals surface area contributed by atoms with Crippen molar-refractivity contribution in [3.63, 3.8) is 0 Å². The van der Waals surface area contributed by atoms with Gasteiger partial charge in [0.2, 0.25) is 0 Å². The molecule has 0 unspecified atom stereocenters. The minimum atomic E-state index is -0.267. The van der Waals surface area contributed by atoms with Gasteiger partial charge in [0.1, 0.15) is 5.69 Å². The first-order chi connectivity index (χ1) is 10.6. The van der Waals surface area contributed by atoms with Gasteiger partial charge in [-0.25, -0.2) is 0 Å². The molecule has 1 amide bonds. The number of aromatic nitrogens is 1. The summed E-state index contributed by atoms with van der Waals surface area (Å²) in [4.78, 5) is 26.7. The number of hydrogen-bond acceptors (Lipinski definition) is 4. The third kappa shape index (κ3) is 5.01. The van der Waals surface area contributed by atoms with Crippen LogP contribution in [-0.2, 0) is 16.0 Å². The number of nitrogens with zero attached hydrogens (tertiary/aromatic N) is 1. The fourth-order valence-electron chi connectivity index (χ4n) is 1.99. The van der Waals surface area contributed by atoms with Crippen LogP contribution in [-0.4, -0.2) is 23.5 Å². The molecule has 1 N–H and O–H groups in total. The lowest BCUT2D eigenvalue weighted by molar-refractivity contribution is -0.141. The highest BCUT2D eigenvalue weighted by Crippen LogP contribution is 2.13. The van der Waals surface area contributed by atoms with Crippen molar-refractivity contribution in [1.82, 2.24) is 4.98 Å². The summed E-state index contributed by atoms with van der Waals surface area (Å²) in [7, 11) is 0. The van der Waals surface area contributed by atoms with Crippen molar-refractivity contribution in [3.05, 3.63) is 59.9 Å². The van der Waals surface area contributed by atoms with Gasteiger partial charge in [-0.2, -0.15) is 0 Å². The summed E-state index contributed by atoms with van der Waals surface area (Å²) in [5, 5.41) is 2.82. The van der Waals surface area contributed by atoms with E-state index in [9.17, 15) is 9.59 Å². The van der Waals surface area contributed by atoms with Crippen LogP contribution in [0.3, 0.4) is 0 Å². The SMILES string of the molecule is CC(=O)OCCCc1cccc(NC(=O)c2ccccn2)c1. The van der Waals surface area contributed by atoms with Gasteiger partial charge in [-0.15, -0.1) is 0 Å². The van der Waals surface area contributed by atoms with Crippen LogP contribution in [0.1, 0.15) is 29.4 Å². The molecule has 1 aromatic carbocycles. The van der Waals surface area contributed by atoms with E-state index in [2.05, 4.69) is 10.3 Å². The number of rotatable bonds is 6. The molecule has 0 saturated carbocycles. The fraction of sp³-hybridized carbons (Fsp3) is 0.235. The molecule has 5 heteroatoms. The van der Waals surface area contributed by atoms with Gasteiger partial charge < -0.3 is 10.1 Å². The Kier molecular flexibility index (Phi) is 5.65. The van der Waals surface area contributed by atoms with Gasteiger partial charge >= 0.3 is 5.97 Å². The van der Waals surface area contributed by atoms with Crippen molar-refractivity contribution in [2.45, 2.75) is 19.8 Å². The Morgan fingerprint density at radius 2 is 2.05 bits per heavy atom. The molecular formula is C17H18N2O3. The number of hydrogen-bond donors (Lipinski definition) is 1. The number of ether oxygens (including phenoxy) is 1. The lowest BCUT2D eigenvalue weighted by Crippen LogP contribution is -2.13. The number of carbonyl (C=O) groups excluding carboxylic acids is 2. The molecule has 22 heavy (non-hydrogen) atoms. The average Bonchev–Trinajstić information content (AvgIpc) is 2.52. The molecule has 0 saturated heterocycles. The predicted molar refractivity (Wildman–Crippen MR) is 83.6 cm³/mol. The molecule has 0 spiro atoms. The Balaban J connectivity index is 1.91. The van der Waals surface area contributed by atoms with E-state index in [1.807, 2.05) is 24.3 Å². The second kappa shape index (κ2) is 7.93. The van der Waals surface area contributed by atoms with Crippen LogP contribution in [0.15, 0.2) is 48.7 Å². The third-order valence-corrected chi connectivity index (χ3v) is 3.00. The number of anilines is 1. The lowest BCUT2D eigenvalue weighted by atomic mass is 10.1. The van der Waals surface area contributed by atoms with Crippen LogP contribution < -0.4 is 5.32 Å². The summed E-state index contributed by atoms with van der Waals surface area (Å²) < 4.78 is 4.90. The predicted octanol–water partition coefficient (Wildman–Crippen LogP) is 2.83. The van der Waals surface area contributed by atoms with Gasteiger partial charge in [-0.05, 0) is 42.7 Å². The van der Waals surface area contributed by atoms with Crippen molar-refractivity contribution >= 4 is 17.6 Å². The number of aryl methyl sites for hydroxylation is 1. The number of pyridine rings is 1. The molecule has 5 nitrogen and oxygen atoms in total. The molecule has 2 aromatic rings. The Morgan fingerprint density at radius 1 is 1.18 bits per heavy atom. The average molecular weight is 298 g/mol. The smallest absolute Gasteiger partial charge is 0.302 e. The second-order valence-corrected chi connectivity index (χ2v) is 4.81. The zero-order valence-corrected chi connectivity index (χ0v) is 12.4. The van der Waals surface area contributed by atoms with Crippen LogP contribution in [0.4, 0.5) is 5.69 Å². The molecule has 2 rings (SSSR count). The highest BCUT2D eigenvalue weighted by molar-refractivity contribution is 6.02. The van der Waals surface area contributed by atoms with E-state index in [1.165, 1.54) is 6.92 Å². The van der Waals surface area contributed by atoms with Gasteiger partial charge in [0.05, 0.1) is 6.61 Å². The summed E-state index contributed by atoms with van der Waals surface area (Å²) in [5.74, 6) is -0.506. The summed E-state index contributed by atoms with van der Waals surface area (Å²) in [6.07, 6.45) is 3.11. The Labute approximate surface area is 129 Å². The first kappa shape index (κ1) is 15.7. The largest absolute Gasteiger partial charge is 0.466 e. The van der Waals surface area contributed by atoms with Crippen LogP contribution in [0.2, 0.25) is 0 Å². The monoisotopic (exact) mass is 298 g/mol. The quantitative estimate of drug-likeness (QED) is 0.657. The summed E-state index contributed by atoms with van der Waals surface area (Å²) in [6.45, 7) is 1.80. The normalized spacial score (nSPS) is 10.0. The van der Waals surface area contributed by atoms with Crippen LogP contribution in [0, 0.1) is 0 Å². The molecule has 1 aromatic heterocycles. The Morgan fingerprint density at radius 3 is 2.77 bits per heavy atom. The highest BCUT2D eigenvalue weighted by Gasteiger charge is 2.06. The van der Waals surface area contributed by atoms with E-state index in [0.717, 1.165) is 24.1 Å². The van der Waals surface area contributed by atoms with E-state index in [-0.39, 0.29) is 11.9 Å². The number of nitrogens with one attached hydrogen (secondary N) is 1. The summed E-state index contributed by atoms with van der Waals surface area (Å²) >= 11 is 0. The van der Waals surface area contributed by atoms with Gasteiger partial charge in [0.25, 0.3) is 5.91 Å². The maximum atomic E-state index is 12.0. The van der Waals surface area contributed by atoms with Crippen molar-refractivity contribution in [3.8, 4) is 0 Å². The van der Waals surface area contributed by atoms with Crippen molar-refractivity contribution in [1.29, 1.82) is 0 Å². The molecule has 0 atom stereocenters. The van der Waals surface area contributed by atoms with Crippen LogP contribution >= 0.6 is 0 Å². The van der Waals surface area contributed by atoms with Crippen LogP contribution in [0.25, 0.3) is 0 Å². The fourth-order valence-corrected chi connectivity index (χ4v) is 1.99. The molecule has 0 aliphatic carbocycles. The van der Waals surface area contributed by atoms with Gasteiger partial charge in [0.15, 0.2) is 0 Å². The lowest BCUT2D eigenvalue weighted by Gasteiger charge is -2.07. The van der Waals surface area contributed by atoms with Crippen molar-refractivity contribution < 1.29 is 14.3 Å². The molecule has 0 fully saturated rings. The maximum Gasteiger partial charge on any atom is 0.302 e. The van der Waals surface area contributed by atoms with Crippen molar-refractivity contribution in [2.75, 3.05) is 11.9 Å². The third-order valence-electron chi connectivity index (χ3n) is 3.00. The zero-order valence-electron chi connectivity index (χ0n) is 12.4. The molecular weight excluding hydrogens is 280 g/mol. The van der Waals surface area contributed by atoms with Gasteiger partial charge in [0, 0.05) is 18.8 Å². The van der Waals surface area contributed by atoms with E-state index in [4.69, 9.17) is 4.74 Å². The van der Waals surface area contributed by atoms with Gasteiger partial charge in [-0.1, -0.05) is 18.2 Å². The maximum absolute atomic E-state index is 12.0. The minimum Gasteiger partial charge on any atom is -0.466 e. The highest BCUT2D eigenvalue weighted by atomic mass is 16.5. The number of carbonyl (C=O) groups is 2. The minimum absolute atomic E-state index is 0.238. The molecule has 0 bridgehead atoms. The van der Waals surface area contributed by atoms with Crippen molar-refractivity contribution in [2.24, 2.45) is 0 Å². The number of amides is 1. The molecule has 0 aliphatic rings. The summed E-state index contributed by atoms with van der Waals surface area (Å²) in [5.41, 5.74) is 2.18. The molecule has 114 valence electrons. The topological polar surface area (TPSA) is 68.3 Å². The molecule has 1 heterocycles. The van der Waals surface area contributed by atoms with E-state index < -0.39 is 0 Å². The Hall–Kier alpha value is -2.69. The summed E-state index contributed by atoms with van der Waals surface area (Å²) in [6, 6.07) is 12.8.